The highest BCUT2D eigenvalue weighted by atomic mass is 16.3. The van der Waals surface area contributed by atoms with Gasteiger partial charge in [0.2, 0.25) is 0 Å². The number of aromatic amines is 1. The van der Waals surface area contributed by atoms with E-state index in [0.29, 0.717) is 28.3 Å². The Morgan fingerprint density at radius 1 is 0.885 bits per heavy atom. The van der Waals surface area contributed by atoms with E-state index in [4.69, 9.17) is 26.7 Å². The number of rotatable bonds is 4. The van der Waals surface area contributed by atoms with E-state index in [-0.39, 0.29) is 11.7 Å². The van der Waals surface area contributed by atoms with Crippen molar-refractivity contribution in [3.63, 3.8) is 0 Å². The van der Waals surface area contributed by atoms with E-state index >= 15 is 0 Å². The van der Waals surface area contributed by atoms with Gasteiger partial charge in [-0.2, -0.15) is 0 Å². The number of nitrogens with zero attached hydrogens (tertiary/aromatic N) is 1. The van der Waals surface area contributed by atoms with Crippen LogP contribution in [0, 0.1) is 10.8 Å². The van der Waals surface area contributed by atoms with Gasteiger partial charge < -0.3 is 20.9 Å². The molecular weight excluding hydrogens is 328 g/mol. The summed E-state index contributed by atoms with van der Waals surface area (Å²) in [6, 6.07) is 14.8. The molecule has 0 saturated carbocycles. The Morgan fingerprint density at radius 3 is 2.31 bits per heavy atom. The van der Waals surface area contributed by atoms with Gasteiger partial charge in [0.15, 0.2) is 11.5 Å². The summed E-state index contributed by atoms with van der Waals surface area (Å²) in [5.74, 6) is 1.31. The Morgan fingerprint density at radius 2 is 1.62 bits per heavy atom. The molecule has 128 valence electrons. The topological polar surface area (TPSA) is 142 Å². The highest BCUT2D eigenvalue weighted by Crippen LogP contribution is 2.29. The van der Waals surface area contributed by atoms with Crippen molar-refractivity contribution in [2.24, 2.45) is 11.5 Å². The maximum absolute atomic E-state index is 7.54. The number of nitrogen functional groups attached to an aromatic ring is 2. The molecule has 0 aliphatic rings. The van der Waals surface area contributed by atoms with Gasteiger partial charge >= 0.3 is 0 Å². The Kier molecular flexibility index (Phi) is 3.54. The number of nitrogens with one attached hydrogen (secondary N) is 3. The maximum atomic E-state index is 7.54. The van der Waals surface area contributed by atoms with Crippen molar-refractivity contribution in [2.45, 2.75) is 0 Å². The molecule has 7 N–H and O–H groups in total. The number of pyridine rings is 1. The normalized spacial score (nSPS) is 10.9. The van der Waals surface area contributed by atoms with Gasteiger partial charge in [0.05, 0.1) is 5.69 Å². The van der Waals surface area contributed by atoms with Crippen molar-refractivity contribution in [3.8, 4) is 22.9 Å². The Labute approximate surface area is 148 Å². The van der Waals surface area contributed by atoms with Gasteiger partial charge in [-0.3, -0.25) is 15.8 Å². The van der Waals surface area contributed by atoms with Crippen molar-refractivity contribution >= 4 is 22.6 Å². The van der Waals surface area contributed by atoms with Gasteiger partial charge in [-0.25, -0.2) is 0 Å². The second-order valence-electron chi connectivity index (χ2n) is 5.91. The fraction of sp³-hybridized carbons (Fsp3) is 0. The van der Waals surface area contributed by atoms with Gasteiger partial charge in [0, 0.05) is 28.2 Å². The van der Waals surface area contributed by atoms with Crippen molar-refractivity contribution in [3.05, 3.63) is 65.9 Å². The van der Waals surface area contributed by atoms with Crippen LogP contribution in [0.15, 0.2) is 59.1 Å². The van der Waals surface area contributed by atoms with Crippen LogP contribution in [0.1, 0.15) is 11.1 Å². The molecule has 7 nitrogen and oxygen atoms in total. The summed E-state index contributed by atoms with van der Waals surface area (Å²) in [6.45, 7) is 0. The molecule has 0 unspecified atom stereocenters. The smallest absolute Gasteiger partial charge is 0.153 e. The molecule has 7 heteroatoms. The number of hydrogen-bond donors (Lipinski definition) is 5. The van der Waals surface area contributed by atoms with Crippen LogP contribution in [0.5, 0.6) is 0 Å². The number of nitrogens with two attached hydrogens (primary N) is 2. The first-order chi connectivity index (χ1) is 12.5. The zero-order valence-electron chi connectivity index (χ0n) is 13.7. The molecule has 0 aliphatic heterocycles. The molecule has 0 fully saturated rings. The van der Waals surface area contributed by atoms with E-state index < -0.39 is 0 Å². The average molecular weight is 344 g/mol. The summed E-state index contributed by atoms with van der Waals surface area (Å²) in [4.78, 5) is 7.57. The number of H-pyrrole nitrogens is 1. The number of aromatic nitrogens is 2. The third kappa shape index (κ3) is 2.71. The molecule has 3 aromatic heterocycles. The van der Waals surface area contributed by atoms with E-state index in [2.05, 4.69) is 9.97 Å². The number of benzene rings is 1. The monoisotopic (exact) mass is 344 g/mol. The molecule has 0 radical (unpaired) electrons. The summed E-state index contributed by atoms with van der Waals surface area (Å²) in [5, 5.41) is 16.0. The van der Waals surface area contributed by atoms with Crippen LogP contribution in [-0.2, 0) is 0 Å². The van der Waals surface area contributed by atoms with Gasteiger partial charge in [-0.15, -0.1) is 0 Å². The van der Waals surface area contributed by atoms with Crippen LogP contribution in [0.3, 0.4) is 0 Å². The first-order valence-corrected chi connectivity index (χ1v) is 7.89. The summed E-state index contributed by atoms with van der Waals surface area (Å²) in [6.07, 6.45) is 1.55. The molecule has 0 saturated heterocycles. The van der Waals surface area contributed by atoms with Crippen molar-refractivity contribution in [1.82, 2.24) is 9.97 Å². The average Bonchev–Trinajstić information content (AvgIpc) is 3.27. The number of furan rings is 1. The van der Waals surface area contributed by atoms with Crippen LogP contribution >= 0.6 is 0 Å². The SMILES string of the molecule is N=C(N)c1ccc(-c2ccc(-c3cc4ccc(C(=N)N)cc4[nH]3)o2)nc1. The van der Waals surface area contributed by atoms with Crippen LogP contribution in [0.2, 0.25) is 0 Å². The number of amidine groups is 2. The fourth-order valence-electron chi connectivity index (χ4n) is 2.75. The van der Waals surface area contributed by atoms with E-state index in [1.165, 1.54) is 0 Å². The summed E-state index contributed by atoms with van der Waals surface area (Å²) in [7, 11) is 0. The Hall–Kier alpha value is -3.87. The molecule has 3 heterocycles. The lowest BCUT2D eigenvalue weighted by molar-refractivity contribution is 0.593. The second kappa shape index (κ2) is 5.89. The largest absolute Gasteiger partial charge is 0.453 e. The predicted octanol–water partition coefficient (Wildman–Crippen LogP) is 3.06. The van der Waals surface area contributed by atoms with Gasteiger partial charge in [0.1, 0.15) is 17.4 Å². The Bertz CT molecular complexity index is 1140. The lowest BCUT2D eigenvalue weighted by Crippen LogP contribution is -2.11. The molecule has 0 atom stereocenters. The number of fused-ring (bicyclic) bond motifs is 1. The predicted molar refractivity (Wildman–Crippen MR) is 101 cm³/mol. The molecule has 4 rings (SSSR count). The maximum Gasteiger partial charge on any atom is 0.153 e. The molecular formula is C19H16N6O. The minimum Gasteiger partial charge on any atom is -0.453 e. The third-order valence-corrected chi connectivity index (χ3v) is 4.13. The summed E-state index contributed by atoms with van der Waals surface area (Å²) in [5.41, 5.74) is 14.6. The molecule has 0 aliphatic carbocycles. The molecule has 0 amide bonds. The first-order valence-electron chi connectivity index (χ1n) is 7.89. The third-order valence-electron chi connectivity index (χ3n) is 4.13. The van der Waals surface area contributed by atoms with Crippen LogP contribution in [-0.4, -0.2) is 21.6 Å². The summed E-state index contributed by atoms with van der Waals surface area (Å²) < 4.78 is 5.92. The number of hydrogen-bond acceptors (Lipinski definition) is 4. The first kappa shape index (κ1) is 15.6. The van der Waals surface area contributed by atoms with E-state index in [1.807, 2.05) is 36.4 Å². The molecule has 0 spiro atoms. The van der Waals surface area contributed by atoms with Gasteiger partial charge in [0.25, 0.3) is 0 Å². The van der Waals surface area contributed by atoms with Crippen LogP contribution in [0.25, 0.3) is 33.8 Å². The zero-order valence-corrected chi connectivity index (χ0v) is 13.7. The molecule has 26 heavy (non-hydrogen) atoms. The molecule has 1 aromatic carbocycles. The minimum atomic E-state index is -0.0211. The van der Waals surface area contributed by atoms with Crippen LogP contribution in [0.4, 0.5) is 0 Å². The second-order valence-corrected chi connectivity index (χ2v) is 5.91. The van der Waals surface area contributed by atoms with Gasteiger partial charge in [-0.05, 0) is 36.4 Å². The molecule has 0 bridgehead atoms. The van der Waals surface area contributed by atoms with Crippen LogP contribution < -0.4 is 11.5 Å². The fourth-order valence-corrected chi connectivity index (χ4v) is 2.75. The summed E-state index contributed by atoms with van der Waals surface area (Å²) >= 11 is 0. The van der Waals surface area contributed by atoms with Crippen molar-refractivity contribution in [2.75, 3.05) is 0 Å². The lowest BCUT2D eigenvalue weighted by Gasteiger charge is -1.99. The lowest BCUT2D eigenvalue weighted by atomic mass is 10.1. The highest BCUT2D eigenvalue weighted by Gasteiger charge is 2.11. The zero-order chi connectivity index (χ0) is 18.3. The van der Waals surface area contributed by atoms with Crippen molar-refractivity contribution in [1.29, 1.82) is 10.8 Å². The quantitative estimate of drug-likeness (QED) is 0.286. The van der Waals surface area contributed by atoms with E-state index in [0.717, 1.165) is 16.6 Å². The Balaban J connectivity index is 1.68. The molecule has 4 aromatic rings. The van der Waals surface area contributed by atoms with Gasteiger partial charge in [-0.1, -0.05) is 12.1 Å². The van der Waals surface area contributed by atoms with Crippen molar-refractivity contribution < 1.29 is 4.42 Å². The minimum absolute atomic E-state index is 0.0211. The van der Waals surface area contributed by atoms with E-state index in [9.17, 15) is 0 Å². The standard InChI is InChI=1S/C19H16N6O/c20-18(21)11-2-1-10-7-15(25-14(10)8-11)17-6-5-16(26-17)13-4-3-12(9-24-13)19(22)23/h1-9,25H,(H3,20,21)(H3,22,23). The highest BCUT2D eigenvalue weighted by molar-refractivity contribution is 5.99. The van der Waals surface area contributed by atoms with E-state index in [1.54, 1.807) is 18.3 Å².